The molecule has 0 bridgehead atoms. The Bertz CT molecular complexity index is 392. The van der Waals surface area contributed by atoms with Crippen LogP contribution in [-0.4, -0.2) is 43.3 Å². The standard InChI is InChI=1S/C12H17FN2O2/c1-17-12-10(16)3-2-9(11(12)13)8-15-6-4-14-5-7-15/h2-3,14,16H,4-8H2,1H3. The van der Waals surface area contributed by atoms with Gasteiger partial charge in [0.05, 0.1) is 7.11 Å². The Hall–Kier alpha value is -1.33. The third-order valence-corrected chi connectivity index (χ3v) is 2.96. The summed E-state index contributed by atoms with van der Waals surface area (Å²) in [5, 5.41) is 12.7. The van der Waals surface area contributed by atoms with E-state index in [9.17, 15) is 9.50 Å². The molecule has 2 rings (SSSR count). The third kappa shape index (κ3) is 2.68. The van der Waals surface area contributed by atoms with Crippen molar-refractivity contribution in [1.29, 1.82) is 0 Å². The topological polar surface area (TPSA) is 44.7 Å². The Morgan fingerprint density at radius 1 is 1.41 bits per heavy atom. The van der Waals surface area contributed by atoms with Crippen molar-refractivity contribution in [3.05, 3.63) is 23.5 Å². The average Bonchev–Trinajstić information content (AvgIpc) is 2.35. The number of piperazine rings is 1. The van der Waals surface area contributed by atoms with Gasteiger partial charge in [-0.05, 0) is 6.07 Å². The molecule has 5 heteroatoms. The summed E-state index contributed by atoms with van der Waals surface area (Å²) < 4.78 is 18.8. The number of phenols is 1. The molecule has 0 aromatic heterocycles. The van der Waals surface area contributed by atoms with Crippen molar-refractivity contribution in [2.75, 3.05) is 33.3 Å². The Labute approximate surface area is 100.0 Å². The summed E-state index contributed by atoms with van der Waals surface area (Å²) in [7, 11) is 1.35. The number of aromatic hydroxyl groups is 1. The zero-order valence-electron chi connectivity index (χ0n) is 9.87. The molecule has 0 amide bonds. The molecule has 2 N–H and O–H groups in total. The summed E-state index contributed by atoms with van der Waals surface area (Å²) in [6.07, 6.45) is 0. The molecule has 0 unspecified atom stereocenters. The second kappa shape index (κ2) is 5.33. The van der Waals surface area contributed by atoms with Gasteiger partial charge in [-0.3, -0.25) is 4.90 Å². The fourth-order valence-corrected chi connectivity index (χ4v) is 2.01. The summed E-state index contributed by atoms with van der Waals surface area (Å²) >= 11 is 0. The van der Waals surface area contributed by atoms with Gasteiger partial charge >= 0.3 is 0 Å². The zero-order chi connectivity index (χ0) is 12.3. The minimum atomic E-state index is -0.467. The molecule has 1 aromatic rings. The van der Waals surface area contributed by atoms with Crippen LogP contribution in [0.25, 0.3) is 0 Å². The first kappa shape index (κ1) is 12.1. The van der Waals surface area contributed by atoms with Gasteiger partial charge in [0.25, 0.3) is 0 Å². The smallest absolute Gasteiger partial charge is 0.196 e. The van der Waals surface area contributed by atoms with Crippen LogP contribution >= 0.6 is 0 Å². The number of rotatable bonds is 3. The van der Waals surface area contributed by atoms with Crippen LogP contribution < -0.4 is 10.1 Å². The molecule has 17 heavy (non-hydrogen) atoms. The first-order valence-corrected chi connectivity index (χ1v) is 5.69. The Balaban J connectivity index is 2.15. The molecule has 1 saturated heterocycles. The summed E-state index contributed by atoms with van der Waals surface area (Å²) in [4.78, 5) is 2.17. The second-order valence-electron chi connectivity index (χ2n) is 4.12. The number of halogens is 1. The predicted octanol–water partition coefficient (Wildman–Crippen LogP) is 0.945. The fraction of sp³-hybridized carbons (Fsp3) is 0.500. The average molecular weight is 240 g/mol. The molecule has 1 fully saturated rings. The van der Waals surface area contributed by atoms with Gasteiger partial charge < -0.3 is 15.2 Å². The molecule has 0 aliphatic carbocycles. The molecule has 0 radical (unpaired) electrons. The van der Waals surface area contributed by atoms with E-state index < -0.39 is 5.82 Å². The normalized spacial score (nSPS) is 17.1. The van der Waals surface area contributed by atoms with Crippen molar-refractivity contribution in [3.8, 4) is 11.5 Å². The number of methoxy groups -OCH3 is 1. The third-order valence-electron chi connectivity index (χ3n) is 2.96. The highest BCUT2D eigenvalue weighted by molar-refractivity contribution is 5.43. The number of hydrogen-bond acceptors (Lipinski definition) is 4. The molecule has 0 atom stereocenters. The van der Waals surface area contributed by atoms with Crippen molar-refractivity contribution >= 4 is 0 Å². The van der Waals surface area contributed by atoms with E-state index in [1.165, 1.54) is 13.2 Å². The molecule has 0 saturated carbocycles. The van der Waals surface area contributed by atoms with E-state index >= 15 is 0 Å². The lowest BCUT2D eigenvalue weighted by molar-refractivity contribution is 0.229. The van der Waals surface area contributed by atoms with Gasteiger partial charge in [0.2, 0.25) is 0 Å². The van der Waals surface area contributed by atoms with Gasteiger partial charge in [-0.1, -0.05) is 6.07 Å². The van der Waals surface area contributed by atoms with Crippen LogP contribution in [0, 0.1) is 5.82 Å². The van der Waals surface area contributed by atoms with Gasteiger partial charge in [-0.15, -0.1) is 0 Å². The molecule has 1 aliphatic rings. The number of nitrogens with one attached hydrogen (secondary N) is 1. The summed E-state index contributed by atoms with van der Waals surface area (Å²) in [5.41, 5.74) is 0.557. The second-order valence-corrected chi connectivity index (χ2v) is 4.12. The summed E-state index contributed by atoms with van der Waals surface area (Å²) in [6.45, 7) is 4.21. The molecule has 1 heterocycles. The van der Waals surface area contributed by atoms with Crippen molar-refractivity contribution < 1.29 is 14.2 Å². The number of nitrogens with zero attached hydrogens (tertiary/aromatic N) is 1. The largest absolute Gasteiger partial charge is 0.504 e. The van der Waals surface area contributed by atoms with Crippen LogP contribution in [0.1, 0.15) is 5.56 Å². The molecule has 0 spiro atoms. The van der Waals surface area contributed by atoms with Crippen LogP contribution in [0.15, 0.2) is 12.1 Å². The van der Waals surface area contributed by atoms with Crippen molar-refractivity contribution in [2.24, 2.45) is 0 Å². The molecule has 1 aromatic carbocycles. The molecule has 1 aliphatic heterocycles. The highest BCUT2D eigenvalue weighted by atomic mass is 19.1. The van der Waals surface area contributed by atoms with Crippen LogP contribution in [0.2, 0.25) is 0 Å². The zero-order valence-corrected chi connectivity index (χ0v) is 9.87. The monoisotopic (exact) mass is 240 g/mol. The van der Waals surface area contributed by atoms with E-state index in [-0.39, 0.29) is 11.5 Å². The highest BCUT2D eigenvalue weighted by Crippen LogP contribution is 2.31. The van der Waals surface area contributed by atoms with Gasteiger partial charge in [-0.25, -0.2) is 4.39 Å². The lowest BCUT2D eigenvalue weighted by atomic mass is 10.1. The van der Waals surface area contributed by atoms with E-state index in [0.717, 1.165) is 26.2 Å². The minimum Gasteiger partial charge on any atom is -0.504 e. The van der Waals surface area contributed by atoms with E-state index in [1.807, 2.05) is 0 Å². The first-order chi connectivity index (χ1) is 8.22. The van der Waals surface area contributed by atoms with Gasteiger partial charge in [0.15, 0.2) is 17.3 Å². The van der Waals surface area contributed by atoms with Crippen LogP contribution in [0.5, 0.6) is 11.5 Å². The summed E-state index contributed by atoms with van der Waals surface area (Å²) in [6, 6.07) is 3.08. The van der Waals surface area contributed by atoms with E-state index in [0.29, 0.717) is 12.1 Å². The van der Waals surface area contributed by atoms with Crippen molar-refractivity contribution in [1.82, 2.24) is 10.2 Å². The number of hydrogen-bond donors (Lipinski definition) is 2. The molecule has 4 nitrogen and oxygen atoms in total. The van der Waals surface area contributed by atoms with Crippen LogP contribution in [0.3, 0.4) is 0 Å². The lowest BCUT2D eigenvalue weighted by Gasteiger charge is -2.27. The van der Waals surface area contributed by atoms with Crippen LogP contribution in [0.4, 0.5) is 4.39 Å². The Morgan fingerprint density at radius 2 is 2.12 bits per heavy atom. The van der Waals surface area contributed by atoms with Crippen molar-refractivity contribution in [2.45, 2.75) is 6.54 Å². The minimum absolute atomic E-state index is 0.0716. The SMILES string of the molecule is COc1c(O)ccc(CN2CCNCC2)c1F. The predicted molar refractivity (Wildman–Crippen MR) is 62.8 cm³/mol. The van der Waals surface area contributed by atoms with E-state index in [1.54, 1.807) is 6.07 Å². The van der Waals surface area contributed by atoms with E-state index in [4.69, 9.17) is 4.74 Å². The van der Waals surface area contributed by atoms with Gasteiger partial charge in [-0.2, -0.15) is 0 Å². The molecular formula is C12H17FN2O2. The Kier molecular flexibility index (Phi) is 3.81. The number of ether oxygens (including phenoxy) is 1. The molecular weight excluding hydrogens is 223 g/mol. The quantitative estimate of drug-likeness (QED) is 0.825. The summed E-state index contributed by atoms with van der Waals surface area (Å²) in [5.74, 6) is -0.697. The fourth-order valence-electron chi connectivity index (χ4n) is 2.01. The number of benzene rings is 1. The highest BCUT2D eigenvalue weighted by Gasteiger charge is 2.17. The lowest BCUT2D eigenvalue weighted by Crippen LogP contribution is -2.43. The van der Waals surface area contributed by atoms with Crippen molar-refractivity contribution in [3.63, 3.8) is 0 Å². The maximum absolute atomic E-state index is 14.0. The van der Waals surface area contributed by atoms with Gasteiger partial charge in [0, 0.05) is 38.3 Å². The number of phenolic OH excluding ortho intramolecular Hbond substituents is 1. The van der Waals surface area contributed by atoms with Crippen LogP contribution in [-0.2, 0) is 6.54 Å². The Morgan fingerprint density at radius 3 is 2.76 bits per heavy atom. The first-order valence-electron chi connectivity index (χ1n) is 5.69. The van der Waals surface area contributed by atoms with Gasteiger partial charge in [0.1, 0.15) is 0 Å². The molecule has 94 valence electrons. The maximum Gasteiger partial charge on any atom is 0.196 e. The van der Waals surface area contributed by atoms with E-state index in [2.05, 4.69) is 10.2 Å². The maximum atomic E-state index is 14.0.